The second kappa shape index (κ2) is 6.17. The molecule has 0 amide bonds. The number of hydrogen-bond acceptors (Lipinski definition) is 2. The van der Waals surface area contributed by atoms with Crippen molar-refractivity contribution < 1.29 is 0 Å². The molecule has 0 spiro atoms. The van der Waals surface area contributed by atoms with Crippen molar-refractivity contribution in [2.75, 3.05) is 5.75 Å². The van der Waals surface area contributed by atoms with Crippen LogP contribution in [0, 0.1) is 5.92 Å². The highest BCUT2D eigenvalue weighted by molar-refractivity contribution is 8.78. The highest BCUT2D eigenvalue weighted by Gasteiger charge is 2.08. The minimum absolute atomic E-state index is 0.745. The van der Waals surface area contributed by atoms with E-state index in [-0.39, 0.29) is 0 Å². The molecule has 0 N–H and O–H groups in total. The van der Waals surface area contributed by atoms with Gasteiger partial charge in [0.2, 0.25) is 0 Å². The van der Waals surface area contributed by atoms with E-state index in [1.54, 1.807) is 4.91 Å². The van der Waals surface area contributed by atoms with Crippen LogP contribution in [-0.2, 0) is 0 Å². The van der Waals surface area contributed by atoms with Crippen molar-refractivity contribution in [2.45, 2.75) is 27.7 Å². The Morgan fingerprint density at radius 3 is 2.20 bits per heavy atom. The van der Waals surface area contributed by atoms with Crippen LogP contribution in [0.4, 0.5) is 0 Å². The van der Waals surface area contributed by atoms with Gasteiger partial charge >= 0.3 is 0 Å². The molecule has 0 unspecified atom stereocenters. The zero-order valence-electron chi connectivity index (χ0n) is 7.18. The smallest absolute Gasteiger partial charge is 0.0232 e. The summed E-state index contributed by atoms with van der Waals surface area (Å²) in [4.78, 5) is 1.55. The minimum atomic E-state index is 0.745. The molecule has 0 nitrogen and oxygen atoms in total. The molecule has 0 bridgehead atoms. The van der Waals surface area contributed by atoms with Crippen molar-refractivity contribution in [1.29, 1.82) is 0 Å². The first-order chi connectivity index (χ1) is 4.80. The third kappa shape index (κ3) is 3.57. The Hall–Kier alpha value is 0.440. The van der Waals surface area contributed by atoms with Gasteiger partial charge in [0.25, 0.3) is 0 Å². The maximum absolute atomic E-state index is 2.32. The fourth-order valence-electron chi connectivity index (χ4n) is 0.584. The quantitative estimate of drug-likeness (QED) is 0.555. The van der Waals surface area contributed by atoms with Crippen molar-refractivity contribution >= 4 is 21.6 Å². The van der Waals surface area contributed by atoms with Crippen molar-refractivity contribution in [2.24, 2.45) is 5.92 Å². The maximum Gasteiger partial charge on any atom is 0.0232 e. The van der Waals surface area contributed by atoms with Gasteiger partial charge in [0, 0.05) is 5.75 Å². The van der Waals surface area contributed by atoms with Gasteiger partial charge in [0.1, 0.15) is 0 Å². The third-order valence-electron chi connectivity index (χ3n) is 1.08. The minimum Gasteiger partial charge on any atom is -0.0851 e. The lowest BCUT2D eigenvalue weighted by Gasteiger charge is -2.00. The molecule has 0 aliphatic carbocycles. The van der Waals surface area contributed by atoms with E-state index in [0.29, 0.717) is 0 Å². The Morgan fingerprint density at radius 1 is 1.40 bits per heavy atom. The first-order valence-electron chi connectivity index (χ1n) is 3.80. The standard InChI is InChI=1S/C6H10S2.C2H6/c1-5(2)6-3-4-7-8-6;1-2/h3,5H,4H2,1-2H3;1-2H3. The molecule has 1 heterocycles. The van der Waals surface area contributed by atoms with Crippen LogP contribution in [0.5, 0.6) is 0 Å². The van der Waals surface area contributed by atoms with Crippen LogP contribution in [0.15, 0.2) is 11.0 Å². The van der Waals surface area contributed by atoms with Gasteiger partial charge < -0.3 is 0 Å². The summed E-state index contributed by atoms with van der Waals surface area (Å²) in [6.07, 6.45) is 2.32. The van der Waals surface area contributed by atoms with Crippen LogP contribution in [0.25, 0.3) is 0 Å². The van der Waals surface area contributed by atoms with Crippen LogP contribution in [0.2, 0.25) is 0 Å². The first-order valence-corrected chi connectivity index (χ1v) is 6.12. The number of allylic oxidation sites excluding steroid dienone is 1. The monoisotopic (exact) mass is 176 g/mol. The summed E-state index contributed by atoms with van der Waals surface area (Å²) in [5.74, 6) is 1.95. The van der Waals surface area contributed by atoms with E-state index in [4.69, 9.17) is 0 Å². The second-order valence-electron chi connectivity index (χ2n) is 2.13. The molecule has 0 saturated carbocycles. The van der Waals surface area contributed by atoms with Crippen LogP contribution < -0.4 is 0 Å². The molecule has 10 heavy (non-hydrogen) atoms. The molecule has 0 saturated heterocycles. The van der Waals surface area contributed by atoms with Crippen molar-refractivity contribution in [3.8, 4) is 0 Å². The van der Waals surface area contributed by atoms with Crippen LogP contribution in [-0.4, -0.2) is 5.75 Å². The molecular weight excluding hydrogens is 160 g/mol. The molecule has 0 aromatic rings. The van der Waals surface area contributed by atoms with Crippen LogP contribution in [0.3, 0.4) is 0 Å². The molecule has 1 aliphatic rings. The highest BCUT2D eigenvalue weighted by Crippen LogP contribution is 2.40. The predicted molar refractivity (Wildman–Crippen MR) is 54.3 cm³/mol. The molecule has 0 aromatic carbocycles. The lowest BCUT2D eigenvalue weighted by atomic mass is 10.2. The Labute approximate surface area is 72.3 Å². The fraction of sp³-hybridized carbons (Fsp3) is 0.750. The fourth-order valence-corrected chi connectivity index (χ4v) is 3.08. The van der Waals surface area contributed by atoms with E-state index in [2.05, 4.69) is 19.9 Å². The topological polar surface area (TPSA) is 0 Å². The Morgan fingerprint density at radius 2 is 2.00 bits per heavy atom. The van der Waals surface area contributed by atoms with Gasteiger partial charge in [0.15, 0.2) is 0 Å². The zero-order valence-corrected chi connectivity index (χ0v) is 8.81. The average Bonchev–Trinajstić information content (AvgIpc) is 2.42. The third-order valence-corrected chi connectivity index (χ3v) is 3.67. The number of rotatable bonds is 1. The van der Waals surface area contributed by atoms with Gasteiger partial charge in [-0.2, -0.15) is 0 Å². The van der Waals surface area contributed by atoms with E-state index >= 15 is 0 Å². The lowest BCUT2D eigenvalue weighted by molar-refractivity contribution is 0.817. The summed E-state index contributed by atoms with van der Waals surface area (Å²) in [6.45, 7) is 8.48. The van der Waals surface area contributed by atoms with E-state index in [0.717, 1.165) is 5.92 Å². The Balaban J connectivity index is 0.000000371. The SMILES string of the molecule is CC.CC(C)C1=CCSS1. The van der Waals surface area contributed by atoms with E-state index < -0.39 is 0 Å². The molecule has 1 aliphatic heterocycles. The largest absolute Gasteiger partial charge is 0.0851 e. The van der Waals surface area contributed by atoms with Crippen molar-refractivity contribution in [3.63, 3.8) is 0 Å². The Bertz CT molecular complexity index is 106. The van der Waals surface area contributed by atoms with Gasteiger partial charge in [-0.15, -0.1) is 0 Å². The van der Waals surface area contributed by atoms with Crippen molar-refractivity contribution in [1.82, 2.24) is 0 Å². The molecule has 0 atom stereocenters. The van der Waals surface area contributed by atoms with Crippen LogP contribution >= 0.6 is 21.6 Å². The number of hydrogen-bond donors (Lipinski definition) is 0. The maximum atomic E-state index is 2.32. The van der Waals surface area contributed by atoms with Gasteiger partial charge in [-0.3, -0.25) is 0 Å². The van der Waals surface area contributed by atoms with Crippen molar-refractivity contribution in [3.05, 3.63) is 11.0 Å². The van der Waals surface area contributed by atoms with Gasteiger partial charge in [-0.1, -0.05) is 55.4 Å². The van der Waals surface area contributed by atoms with E-state index in [1.807, 2.05) is 35.4 Å². The summed E-state index contributed by atoms with van der Waals surface area (Å²) in [5.41, 5.74) is 0. The van der Waals surface area contributed by atoms with E-state index in [9.17, 15) is 0 Å². The molecule has 0 fully saturated rings. The summed E-state index contributed by atoms with van der Waals surface area (Å²) in [7, 11) is 3.86. The first kappa shape index (κ1) is 10.4. The Kier molecular flexibility index (Phi) is 6.44. The molecule has 2 heteroatoms. The molecule has 0 radical (unpaired) electrons. The summed E-state index contributed by atoms with van der Waals surface area (Å²) >= 11 is 0. The molecule has 60 valence electrons. The summed E-state index contributed by atoms with van der Waals surface area (Å²) < 4.78 is 0. The van der Waals surface area contributed by atoms with Gasteiger partial charge in [0.05, 0.1) is 0 Å². The van der Waals surface area contributed by atoms with E-state index in [1.165, 1.54) is 5.75 Å². The summed E-state index contributed by atoms with van der Waals surface area (Å²) in [6, 6.07) is 0. The van der Waals surface area contributed by atoms with Gasteiger partial charge in [-0.05, 0) is 10.8 Å². The zero-order chi connectivity index (χ0) is 7.98. The average molecular weight is 176 g/mol. The molecule has 1 rings (SSSR count). The highest BCUT2D eigenvalue weighted by atomic mass is 33.1. The second-order valence-corrected chi connectivity index (χ2v) is 4.54. The predicted octanol–water partition coefficient (Wildman–Crippen LogP) is 3.95. The van der Waals surface area contributed by atoms with Gasteiger partial charge in [-0.25, -0.2) is 0 Å². The molecule has 0 aromatic heterocycles. The van der Waals surface area contributed by atoms with Crippen LogP contribution in [0.1, 0.15) is 27.7 Å². The normalized spacial score (nSPS) is 16.3. The lowest BCUT2D eigenvalue weighted by Crippen LogP contribution is -1.83. The summed E-state index contributed by atoms with van der Waals surface area (Å²) in [5, 5.41) is 0. The molecular formula is C8H16S2.